The van der Waals surface area contributed by atoms with Gasteiger partial charge in [0, 0.05) is 42.3 Å². The van der Waals surface area contributed by atoms with Gasteiger partial charge >= 0.3 is 0 Å². The highest BCUT2D eigenvalue weighted by atomic mass is 79.9. The highest BCUT2D eigenvalue weighted by molar-refractivity contribution is 9.10. The molecule has 0 bridgehead atoms. The van der Waals surface area contributed by atoms with Crippen molar-refractivity contribution in [2.45, 2.75) is 31.7 Å². The Balaban J connectivity index is 0.00000121. The van der Waals surface area contributed by atoms with E-state index >= 15 is 0 Å². The van der Waals surface area contributed by atoms with Crippen LogP contribution in [-0.2, 0) is 0 Å². The van der Waals surface area contributed by atoms with Gasteiger partial charge in [-0.2, -0.15) is 0 Å². The van der Waals surface area contributed by atoms with Crippen LogP contribution < -0.4 is 5.32 Å². The van der Waals surface area contributed by atoms with Crippen molar-refractivity contribution in [3.63, 3.8) is 0 Å². The second kappa shape index (κ2) is 9.33. The van der Waals surface area contributed by atoms with Gasteiger partial charge in [0.1, 0.15) is 5.75 Å². The van der Waals surface area contributed by atoms with Crippen LogP contribution in [0.5, 0.6) is 5.75 Å². The minimum absolute atomic E-state index is 0. The van der Waals surface area contributed by atoms with Crippen LogP contribution in [0.3, 0.4) is 0 Å². The molecule has 1 aromatic rings. The Kier molecular flexibility index (Phi) is 8.50. The highest BCUT2D eigenvalue weighted by Gasteiger charge is 2.33. The lowest BCUT2D eigenvalue weighted by Crippen LogP contribution is -2.46. The van der Waals surface area contributed by atoms with Crippen molar-refractivity contribution < 1.29 is 5.11 Å². The summed E-state index contributed by atoms with van der Waals surface area (Å²) in [5, 5.41) is 13.8. The smallest absolute Gasteiger partial charge is 0.121 e. The Labute approximate surface area is 153 Å². The molecule has 2 N–H and O–H groups in total. The van der Waals surface area contributed by atoms with Gasteiger partial charge in [-0.3, -0.25) is 4.90 Å². The maximum absolute atomic E-state index is 10.4. The molecule has 1 saturated carbocycles. The van der Waals surface area contributed by atoms with Gasteiger partial charge in [-0.05, 0) is 30.9 Å². The molecule has 22 heavy (non-hydrogen) atoms. The number of rotatable bonds is 3. The molecule has 1 aliphatic carbocycles. The Hall–Kier alpha value is -0.0000000000000000971. The summed E-state index contributed by atoms with van der Waals surface area (Å²) in [6, 6.07) is 6.37. The highest BCUT2D eigenvalue weighted by Crippen LogP contribution is 2.42. The van der Waals surface area contributed by atoms with Crippen molar-refractivity contribution in [3.8, 4) is 5.75 Å². The summed E-state index contributed by atoms with van der Waals surface area (Å²) >= 11 is 3.44. The molecule has 1 aromatic carbocycles. The molecule has 6 heteroatoms. The van der Waals surface area contributed by atoms with E-state index < -0.39 is 0 Å². The Bertz CT molecular complexity index is 463. The Morgan fingerprint density at radius 3 is 2.36 bits per heavy atom. The first-order valence-corrected chi connectivity index (χ1v) is 8.48. The summed E-state index contributed by atoms with van der Waals surface area (Å²) in [5.74, 6) is 1.13. The van der Waals surface area contributed by atoms with Gasteiger partial charge in [-0.15, -0.1) is 24.8 Å². The van der Waals surface area contributed by atoms with Crippen LogP contribution in [0, 0.1) is 5.92 Å². The maximum Gasteiger partial charge on any atom is 0.121 e. The minimum atomic E-state index is 0. The number of halogens is 3. The predicted molar refractivity (Wildman–Crippen MR) is 99.4 cm³/mol. The van der Waals surface area contributed by atoms with Gasteiger partial charge in [0.15, 0.2) is 0 Å². The van der Waals surface area contributed by atoms with Crippen molar-refractivity contribution >= 4 is 40.7 Å². The third-order valence-electron chi connectivity index (χ3n) is 4.70. The van der Waals surface area contributed by atoms with Crippen molar-refractivity contribution in [1.82, 2.24) is 10.2 Å². The van der Waals surface area contributed by atoms with Crippen LogP contribution in [0.25, 0.3) is 0 Å². The second-order valence-electron chi connectivity index (χ2n) is 5.98. The van der Waals surface area contributed by atoms with Crippen LogP contribution >= 0.6 is 40.7 Å². The van der Waals surface area contributed by atoms with E-state index in [-0.39, 0.29) is 24.8 Å². The molecule has 2 fully saturated rings. The van der Waals surface area contributed by atoms with Crippen molar-refractivity contribution in [2.75, 3.05) is 26.2 Å². The molecule has 0 radical (unpaired) electrons. The van der Waals surface area contributed by atoms with Crippen LogP contribution in [0.1, 0.15) is 37.3 Å². The van der Waals surface area contributed by atoms with E-state index in [2.05, 4.69) is 38.3 Å². The van der Waals surface area contributed by atoms with E-state index in [4.69, 9.17) is 0 Å². The van der Waals surface area contributed by atoms with E-state index in [1.807, 2.05) is 6.07 Å². The number of phenolic OH excluding ortho intramolecular Hbond substituents is 1. The SMILES string of the molecule is Cl.Cl.Oc1cc(Br)ccc1[C@@H](C1CCCC1)N1CCNCC1. The molecule has 1 saturated heterocycles. The molecule has 0 unspecified atom stereocenters. The van der Waals surface area contributed by atoms with Gasteiger partial charge in [0.05, 0.1) is 0 Å². The number of nitrogens with zero attached hydrogens (tertiary/aromatic N) is 1. The zero-order chi connectivity index (χ0) is 13.9. The molecular weight excluding hydrogens is 387 g/mol. The number of piperazine rings is 1. The number of aromatic hydroxyl groups is 1. The normalized spacial score (nSPS) is 21.0. The maximum atomic E-state index is 10.4. The molecule has 0 aromatic heterocycles. The lowest BCUT2D eigenvalue weighted by Gasteiger charge is -2.39. The largest absolute Gasteiger partial charge is 0.508 e. The Morgan fingerprint density at radius 1 is 1.14 bits per heavy atom. The van der Waals surface area contributed by atoms with Gasteiger partial charge in [0.2, 0.25) is 0 Å². The fraction of sp³-hybridized carbons (Fsp3) is 0.625. The van der Waals surface area contributed by atoms with E-state index in [0.29, 0.717) is 17.7 Å². The molecule has 2 aliphatic rings. The van der Waals surface area contributed by atoms with Gasteiger partial charge in [0.25, 0.3) is 0 Å². The number of phenols is 1. The molecule has 126 valence electrons. The Morgan fingerprint density at radius 2 is 1.77 bits per heavy atom. The van der Waals surface area contributed by atoms with Crippen molar-refractivity contribution in [3.05, 3.63) is 28.2 Å². The molecule has 1 heterocycles. The summed E-state index contributed by atoms with van der Waals surface area (Å²) in [6.45, 7) is 4.27. The fourth-order valence-corrected chi connectivity index (χ4v) is 4.10. The standard InChI is InChI=1S/C16H23BrN2O.2ClH/c17-13-5-6-14(15(20)11-13)16(12-3-1-2-4-12)19-9-7-18-8-10-19;;/h5-6,11-12,16,18,20H,1-4,7-10H2;2*1H/t16-;;/m1../s1. The summed E-state index contributed by atoms with van der Waals surface area (Å²) in [7, 11) is 0. The number of hydrogen-bond acceptors (Lipinski definition) is 3. The zero-order valence-corrected chi connectivity index (χ0v) is 15.9. The molecule has 1 atom stereocenters. The first-order valence-electron chi connectivity index (χ1n) is 7.69. The monoisotopic (exact) mass is 410 g/mol. The van der Waals surface area contributed by atoms with Gasteiger partial charge in [-0.1, -0.05) is 34.8 Å². The van der Waals surface area contributed by atoms with E-state index in [1.54, 1.807) is 0 Å². The van der Waals surface area contributed by atoms with E-state index in [0.717, 1.165) is 36.2 Å². The average Bonchev–Trinajstić information content (AvgIpc) is 2.97. The van der Waals surface area contributed by atoms with E-state index in [9.17, 15) is 5.11 Å². The van der Waals surface area contributed by atoms with Crippen LogP contribution in [-0.4, -0.2) is 36.2 Å². The molecular formula is C16H25BrCl2N2O. The lowest BCUT2D eigenvalue weighted by molar-refractivity contribution is 0.123. The summed E-state index contributed by atoms with van der Waals surface area (Å²) in [4.78, 5) is 2.56. The van der Waals surface area contributed by atoms with E-state index in [1.165, 1.54) is 25.7 Å². The van der Waals surface area contributed by atoms with Crippen molar-refractivity contribution in [1.29, 1.82) is 0 Å². The molecule has 0 amide bonds. The third kappa shape index (κ3) is 4.51. The topological polar surface area (TPSA) is 35.5 Å². The van der Waals surface area contributed by atoms with Crippen molar-refractivity contribution in [2.24, 2.45) is 5.92 Å². The second-order valence-corrected chi connectivity index (χ2v) is 6.89. The van der Waals surface area contributed by atoms with Crippen LogP contribution in [0.15, 0.2) is 22.7 Å². The van der Waals surface area contributed by atoms with Crippen LogP contribution in [0.2, 0.25) is 0 Å². The summed E-state index contributed by atoms with van der Waals surface area (Å²) < 4.78 is 0.948. The number of nitrogens with one attached hydrogen (secondary N) is 1. The van der Waals surface area contributed by atoms with Crippen LogP contribution in [0.4, 0.5) is 0 Å². The first-order chi connectivity index (χ1) is 9.75. The predicted octanol–water partition coefficient (Wildman–Crippen LogP) is 4.13. The summed E-state index contributed by atoms with van der Waals surface area (Å²) in [6.07, 6.45) is 5.27. The first kappa shape index (κ1) is 20.0. The molecule has 3 nitrogen and oxygen atoms in total. The minimum Gasteiger partial charge on any atom is -0.508 e. The molecule has 3 rings (SSSR count). The molecule has 1 aliphatic heterocycles. The lowest BCUT2D eigenvalue weighted by atomic mass is 9.89. The zero-order valence-electron chi connectivity index (χ0n) is 12.6. The number of benzene rings is 1. The fourth-order valence-electron chi connectivity index (χ4n) is 3.75. The quantitative estimate of drug-likeness (QED) is 0.784. The molecule has 0 spiro atoms. The average molecular weight is 412 g/mol. The van der Waals surface area contributed by atoms with Gasteiger partial charge in [-0.25, -0.2) is 0 Å². The third-order valence-corrected chi connectivity index (χ3v) is 5.20. The summed E-state index contributed by atoms with van der Waals surface area (Å²) in [5.41, 5.74) is 1.11. The number of hydrogen-bond donors (Lipinski definition) is 2. The van der Waals surface area contributed by atoms with Gasteiger partial charge < -0.3 is 10.4 Å².